The number of alkyl halides is 3. The van der Waals surface area contributed by atoms with E-state index >= 15 is 0 Å². The molecule has 0 saturated carbocycles. The lowest BCUT2D eigenvalue weighted by atomic mass is 9.68. The number of pyridine rings is 1. The SMILES string of the molecule is CCC1C[C@](O)(C(F)(F)F)C(Nc2cccc3[nH]c(=O)ccc23)c2cc(Cl)c(C)c([O-])c21. The largest absolute Gasteiger partial charge is 0.872 e. The van der Waals surface area contributed by atoms with E-state index in [1.54, 1.807) is 25.1 Å². The van der Waals surface area contributed by atoms with Crippen molar-refractivity contribution in [1.29, 1.82) is 0 Å². The van der Waals surface area contributed by atoms with Crippen LogP contribution < -0.4 is 16.0 Å². The molecule has 0 radical (unpaired) electrons. The van der Waals surface area contributed by atoms with Crippen LogP contribution in [0, 0.1) is 6.92 Å². The van der Waals surface area contributed by atoms with Crippen molar-refractivity contribution in [3.8, 4) is 5.75 Å². The van der Waals surface area contributed by atoms with E-state index in [2.05, 4.69) is 10.3 Å². The predicted molar refractivity (Wildman–Crippen MR) is 115 cm³/mol. The minimum Gasteiger partial charge on any atom is -0.872 e. The molecule has 4 rings (SSSR count). The highest BCUT2D eigenvalue weighted by Gasteiger charge is 2.62. The molecule has 1 aromatic heterocycles. The van der Waals surface area contributed by atoms with E-state index in [0.717, 1.165) is 0 Å². The predicted octanol–water partition coefficient (Wildman–Crippen LogP) is 4.91. The number of anilines is 1. The topological polar surface area (TPSA) is 88.2 Å². The lowest BCUT2D eigenvalue weighted by molar-refractivity contribution is -0.279. The molecule has 32 heavy (non-hydrogen) atoms. The van der Waals surface area contributed by atoms with Crippen LogP contribution in [0.3, 0.4) is 0 Å². The van der Waals surface area contributed by atoms with Gasteiger partial charge in [0.2, 0.25) is 5.56 Å². The Labute approximate surface area is 186 Å². The molecule has 1 aliphatic rings. The first-order valence-corrected chi connectivity index (χ1v) is 10.5. The molecule has 0 fully saturated rings. The second kappa shape index (κ2) is 7.71. The number of H-pyrrole nitrogens is 1. The average molecular weight is 466 g/mol. The van der Waals surface area contributed by atoms with Gasteiger partial charge in [-0.1, -0.05) is 24.6 Å². The van der Waals surface area contributed by atoms with Gasteiger partial charge in [0, 0.05) is 22.2 Å². The summed E-state index contributed by atoms with van der Waals surface area (Å²) in [5.74, 6) is -1.18. The number of halogens is 4. The normalized spacial score (nSPS) is 23.2. The van der Waals surface area contributed by atoms with E-state index in [4.69, 9.17) is 11.6 Å². The lowest BCUT2D eigenvalue weighted by Crippen LogP contribution is -2.55. The van der Waals surface area contributed by atoms with E-state index in [-0.39, 0.29) is 39.4 Å². The molecular formula is C23H21ClF3N2O3-. The number of fused-ring (bicyclic) bond motifs is 2. The van der Waals surface area contributed by atoms with Crippen LogP contribution in [0.2, 0.25) is 5.02 Å². The third kappa shape index (κ3) is 3.42. The van der Waals surface area contributed by atoms with Crippen LogP contribution in [0.25, 0.3) is 10.9 Å². The van der Waals surface area contributed by atoms with Gasteiger partial charge in [0.25, 0.3) is 0 Å². The van der Waals surface area contributed by atoms with Crippen molar-refractivity contribution >= 4 is 28.2 Å². The maximum atomic E-state index is 14.3. The molecule has 0 aliphatic heterocycles. The van der Waals surface area contributed by atoms with Crippen molar-refractivity contribution in [2.24, 2.45) is 0 Å². The summed E-state index contributed by atoms with van der Waals surface area (Å²) in [6, 6.07) is 7.17. The Morgan fingerprint density at radius 3 is 2.69 bits per heavy atom. The van der Waals surface area contributed by atoms with Crippen LogP contribution in [0.15, 0.2) is 41.2 Å². The van der Waals surface area contributed by atoms with Gasteiger partial charge in [-0.25, -0.2) is 0 Å². The summed E-state index contributed by atoms with van der Waals surface area (Å²) >= 11 is 6.20. The quantitative estimate of drug-likeness (QED) is 0.513. The Hall–Kier alpha value is -2.71. The molecule has 0 bridgehead atoms. The van der Waals surface area contributed by atoms with E-state index in [1.165, 1.54) is 25.1 Å². The molecule has 1 heterocycles. The van der Waals surface area contributed by atoms with Gasteiger partial charge in [-0.05, 0) is 66.6 Å². The zero-order valence-electron chi connectivity index (χ0n) is 17.3. The molecule has 0 saturated heterocycles. The van der Waals surface area contributed by atoms with E-state index < -0.39 is 35.9 Å². The molecule has 2 aromatic carbocycles. The Balaban J connectivity index is 1.97. The number of rotatable bonds is 3. The van der Waals surface area contributed by atoms with Gasteiger partial charge in [-0.15, -0.1) is 5.75 Å². The Morgan fingerprint density at radius 1 is 1.31 bits per heavy atom. The molecule has 9 heteroatoms. The third-order valence-corrected chi connectivity index (χ3v) is 6.73. The first-order valence-electron chi connectivity index (χ1n) is 10.2. The fourth-order valence-corrected chi connectivity index (χ4v) is 4.77. The summed E-state index contributed by atoms with van der Waals surface area (Å²) in [4.78, 5) is 14.3. The molecule has 0 amide bonds. The minimum absolute atomic E-state index is 0.0324. The minimum atomic E-state index is -4.98. The number of hydrogen-bond acceptors (Lipinski definition) is 4. The van der Waals surface area contributed by atoms with Crippen molar-refractivity contribution in [1.82, 2.24) is 4.98 Å². The summed E-state index contributed by atoms with van der Waals surface area (Å²) < 4.78 is 42.8. The zero-order chi connectivity index (χ0) is 23.4. The van der Waals surface area contributed by atoms with Crippen LogP contribution in [0.1, 0.15) is 48.4 Å². The third-order valence-electron chi connectivity index (χ3n) is 6.34. The van der Waals surface area contributed by atoms with Crippen molar-refractivity contribution < 1.29 is 23.4 Å². The van der Waals surface area contributed by atoms with Gasteiger partial charge in [0.15, 0.2) is 5.60 Å². The van der Waals surface area contributed by atoms with E-state index in [1.807, 2.05) is 0 Å². The smallest absolute Gasteiger partial charge is 0.419 e. The van der Waals surface area contributed by atoms with Crippen LogP contribution in [-0.2, 0) is 0 Å². The number of hydrogen-bond donors (Lipinski definition) is 3. The van der Waals surface area contributed by atoms with Gasteiger partial charge in [0.05, 0.1) is 11.6 Å². The van der Waals surface area contributed by atoms with Crippen molar-refractivity contribution in [2.75, 3.05) is 5.32 Å². The van der Waals surface area contributed by atoms with Crippen LogP contribution in [0.5, 0.6) is 5.75 Å². The highest BCUT2D eigenvalue weighted by atomic mass is 35.5. The first-order chi connectivity index (χ1) is 15.0. The molecular weight excluding hydrogens is 445 g/mol. The van der Waals surface area contributed by atoms with Crippen molar-refractivity contribution in [2.45, 2.75) is 50.4 Å². The van der Waals surface area contributed by atoms with Crippen LogP contribution in [0.4, 0.5) is 18.9 Å². The van der Waals surface area contributed by atoms with E-state index in [0.29, 0.717) is 10.9 Å². The average Bonchev–Trinajstić information content (AvgIpc) is 2.72. The molecule has 3 atom stereocenters. The maximum Gasteiger partial charge on any atom is 0.419 e. The highest BCUT2D eigenvalue weighted by molar-refractivity contribution is 6.31. The van der Waals surface area contributed by atoms with Gasteiger partial charge in [-0.3, -0.25) is 4.79 Å². The first kappa shape index (κ1) is 22.5. The Kier molecular flexibility index (Phi) is 5.41. The molecule has 0 spiro atoms. The Bertz CT molecular complexity index is 1260. The highest BCUT2D eigenvalue weighted by Crippen LogP contribution is 2.55. The van der Waals surface area contributed by atoms with Crippen LogP contribution in [-0.4, -0.2) is 21.9 Å². The number of aromatic amines is 1. The van der Waals surface area contributed by atoms with E-state index in [9.17, 15) is 28.2 Å². The fraction of sp³-hybridized carbons (Fsp3) is 0.348. The number of benzene rings is 2. The maximum absolute atomic E-state index is 14.3. The van der Waals surface area contributed by atoms with Gasteiger partial charge >= 0.3 is 6.18 Å². The lowest BCUT2D eigenvalue weighted by Gasteiger charge is -2.47. The molecule has 2 unspecified atom stereocenters. The molecule has 1 aliphatic carbocycles. The van der Waals surface area contributed by atoms with Gasteiger partial charge in [-0.2, -0.15) is 13.2 Å². The second-order valence-corrected chi connectivity index (χ2v) is 8.62. The Morgan fingerprint density at radius 2 is 2.03 bits per heavy atom. The zero-order valence-corrected chi connectivity index (χ0v) is 18.1. The number of aromatic nitrogens is 1. The van der Waals surface area contributed by atoms with Crippen LogP contribution >= 0.6 is 11.6 Å². The summed E-state index contributed by atoms with van der Waals surface area (Å²) in [7, 11) is 0. The standard InChI is InChI=1S/C23H22ClF3N2O3/c1-3-12-10-22(32,23(25,26)27)21(14-9-15(24)11(2)20(31)19(12)14)29-17-6-4-5-16-13(17)7-8-18(30)28-16/h4-9,12,21,29,31-32H,3,10H2,1-2H3,(H,28,30)/p-1/t12?,21?,22-/m1/s1. The van der Waals surface area contributed by atoms with Gasteiger partial charge < -0.3 is 20.5 Å². The molecule has 3 aromatic rings. The fourth-order valence-electron chi connectivity index (χ4n) is 4.57. The summed E-state index contributed by atoms with van der Waals surface area (Å²) in [6.45, 7) is 3.22. The number of aliphatic hydroxyl groups is 1. The van der Waals surface area contributed by atoms with Crippen molar-refractivity contribution in [3.63, 3.8) is 0 Å². The summed E-state index contributed by atoms with van der Waals surface area (Å²) in [5, 5.41) is 27.4. The summed E-state index contributed by atoms with van der Waals surface area (Å²) in [6.07, 6.45) is -5.38. The van der Waals surface area contributed by atoms with Crippen molar-refractivity contribution in [3.05, 3.63) is 68.5 Å². The second-order valence-electron chi connectivity index (χ2n) is 8.21. The van der Waals surface area contributed by atoms with Gasteiger partial charge in [0.1, 0.15) is 0 Å². The molecule has 5 nitrogen and oxygen atoms in total. The molecule has 3 N–H and O–H groups in total. The number of nitrogens with one attached hydrogen (secondary N) is 2. The monoisotopic (exact) mass is 465 g/mol. The molecule has 170 valence electrons. The summed E-state index contributed by atoms with van der Waals surface area (Å²) in [5.41, 5.74) is -2.25.